The summed E-state index contributed by atoms with van der Waals surface area (Å²) in [6.45, 7) is 4.37. The lowest BCUT2D eigenvalue weighted by Gasteiger charge is -2.34. The zero-order valence-electron chi connectivity index (χ0n) is 16.3. The fourth-order valence-corrected chi connectivity index (χ4v) is 4.02. The lowest BCUT2D eigenvalue weighted by atomic mass is 9.87. The number of benzene rings is 2. The Morgan fingerprint density at radius 3 is 2.48 bits per heavy atom. The van der Waals surface area contributed by atoms with E-state index in [9.17, 15) is 4.79 Å². The van der Waals surface area contributed by atoms with Gasteiger partial charge in [0.2, 0.25) is 5.91 Å². The first-order chi connectivity index (χ1) is 13.2. The minimum Gasteiger partial charge on any atom is -0.316 e. The summed E-state index contributed by atoms with van der Waals surface area (Å²) >= 11 is 0. The molecule has 0 radical (unpaired) electrons. The molecule has 2 aliphatic rings. The van der Waals surface area contributed by atoms with Gasteiger partial charge in [-0.2, -0.15) is 0 Å². The molecular formula is C23H29N3O. The Labute approximate surface area is 162 Å². The Morgan fingerprint density at radius 1 is 1.07 bits per heavy atom. The number of hydrogen-bond acceptors (Lipinski definition) is 3. The highest BCUT2D eigenvalue weighted by Gasteiger charge is 2.29. The van der Waals surface area contributed by atoms with Gasteiger partial charge in [0.05, 0.1) is 0 Å². The van der Waals surface area contributed by atoms with Gasteiger partial charge in [0.25, 0.3) is 0 Å². The van der Waals surface area contributed by atoms with Crippen molar-refractivity contribution >= 4 is 11.6 Å². The van der Waals surface area contributed by atoms with Crippen LogP contribution in [0.3, 0.4) is 0 Å². The summed E-state index contributed by atoms with van der Waals surface area (Å²) in [6, 6.07) is 16.0. The van der Waals surface area contributed by atoms with E-state index in [2.05, 4.69) is 53.1 Å². The van der Waals surface area contributed by atoms with E-state index >= 15 is 0 Å². The number of carbonyl (C=O) groups is 1. The molecule has 0 spiro atoms. The third-order valence-electron chi connectivity index (χ3n) is 5.74. The highest BCUT2D eigenvalue weighted by atomic mass is 16.2. The van der Waals surface area contributed by atoms with Crippen molar-refractivity contribution in [1.29, 1.82) is 0 Å². The highest BCUT2D eigenvalue weighted by molar-refractivity contribution is 5.93. The number of anilines is 1. The van der Waals surface area contributed by atoms with Crippen molar-refractivity contribution in [3.8, 4) is 11.1 Å². The van der Waals surface area contributed by atoms with Gasteiger partial charge in [-0.1, -0.05) is 30.3 Å². The van der Waals surface area contributed by atoms with Crippen LogP contribution in [-0.4, -0.2) is 32.1 Å². The highest BCUT2D eigenvalue weighted by Crippen LogP contribution is 2.38. The van der Waals surface area contributed by atoms with Crippen molar-refractivity contribution in [2.24, 2.45) is 0 Å². The second kappa shape index (κ2) is 7.83. The molecule has 1 aliphatic heterocycles. The molecule has 4 rings (SSSR count). The van der Waals surface area contributed by atoms with E-state index in [0.717, 1.165) is 31.7 Å². The molecule has 1 heterocycles. The lowest BCUT2D eigenvalue weighted by Crippen LogP contribution is -2.37. The van der Waals surface area contributed by atoms with Crippen LogP contribution in [0.1, 0.15) is 43.2 Å². The molecule has 1 saturated carbocycles. The van der Waals surface area contributed by atoms with Crippen LogP contribution in [-0.2, 0) is 11.3 Å². The molecule has 2 aromatic rings. The van der Waals surface area contributed by atoms with Gasteiger partial charge in [0, 0.05) is 44.2 Å². The topological polar surface area (TPSA) is 44.4 Å². The predicted octanol–water partition coefficient (Wildman–Crippen LogP) is 3.67. The van der Waals surface area contributed by atoms with Crippen LogP contribution in [0.15, 0.2) is 42.5 Å². The number of nitrogens with zero attached hydrogens (tertiary/aromatic N) is 1. The Hall–Kier alpha value is -2.17. The van der Waals surface area contributed by atoms with Crippen molar-refractivity contribution in [2.75, 3.05) is 25.0 Å². The molecule has 1 fully saturated rings. The molecule has 0 aromatic heterocycles. The molecule has 0 saturated heterocycles. The molecule has 1 atom stereocenters. The maximum atomic E-state index is 12.1. The van der Waals surface area contributed by atoms with Crippen LogP contribution in [0, 0.1) is 0 Å². The fourth-order valence-electron chi connectivity index (χ4n) is 4.02. The number of rotatable bonds is 6. The molecule has 2 aromatic carbocycles. The van der Waals surface area contributed by atoms with Crippen LogP contribution in [0.4, 0.5) is 5.69 Å². The molecule has 1 amide bonds. The van der Waals surface area contributed by atoms with Crippen LogP contribution in [0.5, 0.6) is 0 Å². The predicted molar refractivity (Wildman–Crippen MR) is 111 cm³/mol. The van der Waals surface area contributed by atoms with Crippen molar-refractivity contribution in [1.82, 2.24) is 10.6 Å². The summed E-state index contributed by atoms with van der Waals surface area (Å²) in [4.78, 5) is 14.0. The molecule has 1 aliphatic carbocycles. The third kappa shape index (κ3) is 4.07. The smallest absolute Gasteiger partial charge is 0.223 e. The van der Waals surface area contributed by atoms with Gasteiger partial charge in [-0.3, -0.25) is 4.79 Å². The zero-order valence-corrected chi connectivity index (χ0v) is 16.3. The standard InChI is InChI=1S/C23H29N3O/c1-16(27)26-12-11-20(15-25-21-8-9-21)22-13-19(7-10-23(22)26)18-5-3-17(4-6-18)14-24-2/h3-7,10,13,20-21,24-25H,8-9,11-12,14-15H2,1-2H3. The van der Waals surface area contributed by atoms with Crippen molar-refractivity contribution in [3.63, 3.8) is 0 Å². The van der Waals surface area contributed by atoms with Crippen LogP contribution in [0.2, 0.25) is 0 Å². The van der Waals surface area contributed by atoms with Crippen LogP contribution < -0.4 is 15.5 Å². The van der Waals surface area contributed by atoms with E-state index in [0.29, 0.717) is 12.0 Å². The SMILES string of the molecule is CNCc1ccc(-c2ccc3c(c2)C(CNC2CC2)CCN3C(C)=O)cc1. The van der Waals surface area contributed by atoms with Gasteiger partial charge in [0.15, 0.2) is 0 Å². The normalized spacial score (nSPS) is 19.0. The summed E-state index contributed by atoms with van der Waals surface area (Å²) in [6.07, 6.45) is 3.63. The second-order valence-electron chi connectivity index (χ2n) is 7.84. The first-order valence-corrected chi connectivity index (χ1v) is 10.0. The zero-order chi connectivity index (χ0) is 18.8. The molecule has 4 heteroatoms. The fraction of sp³-hybridized carbons (Fsp3) is 0.435. The summed E-state index contributed by atoms with van der Waals surface area (Å²) < 4.78 is 0. The first-order valence-electron chi connectivity index (χ1n) is 10.0. The van der Waals surface area contributed by atoms with Crippen molar-refractivity contribution in [2.45, 2.75) is 44.7 Å². The van der Waals surface area contributed by atoms with E-state index in [4.69, 9.17) is 0 Å². The van der Waals surface area contributed by atoms with E-state index in [1.807, 2.05) is 11.9 Å². The lowest BCUT2D eigenvalue weighted by molar-refractivity contribution is -0.116. The number of carbonyl (C=O) groups excluding carboxylic acids is 1. The molecule has 0 bridgehead atoms. The van der Waals surface area contributed by atoms with Gasteiger partial charge in [-0.05, 0) is 60.7 Å². The van der Waals surface area contributed by atoms with E-state index < -0.39 is 0 Å². The summed E-state index contributed by atoms with van der Waals surface area (Å²) in [7, 11) is 1.97. The van der Waals surface area contributed by atoms with Crippen LogP contribution in [0.25, 0.3) is 11.1 Å². The Kier molecular flexibility index (Phi) is 5.28. The quantitative estimate of drug-likeness (QED) is 0.823. The maximum absolute atomic E-state index is 12.1. The first kappa shape index (κ1) is 18.2. The van der Waals surface area contributed by atoms with Gasteiger partial charge in [-0.25, -0.2) is 0 Å². The van der Waals surface area contributed by atoms with Crippen molar-refractivity contribution < 1.29 is 4.79 Å². The molecular weight excluding hydrogens is 334 g/mol. The van der Waals surface area contributed by atoms with Gasteiger partial charge < -0.3 is 15.5 Å². The van der Waals surface area contributed by atoms with E-state index in [1.165, 1.54) is 35.1 Å². The molecule has 2 N–H and O–H groups in total. The van der Waals surface area contributed by atoms with E-state index in [-0.39, 0.29) is 5.91 Å². The summed E-state index contributed by atoms with van der Waals surface area (Å²) in [5.41, 5.74) is 6.14. The van der Waals surface area contributed by atoms with E-state index in [1.54, 1.807) is 6.92 Å². The van der Waals surface area contributed by atoms with Gasteiger partial charge >= 0.3 is 0 Å². The number of amides is 1. The average molecular weight is 364 g/mol. The summed E-state index contributed by atoms with van der Waals surface area (Å²) in [5, 5.41) is 6.87. The number of fused-ring (bicyclic) bond motifs is 1. The van der Waals surface area contributed by atoms with Crippen LogP contribution >= 0.6 is 0 Å². The Bertz CT molecular complexity index is 811. The number of hydrogen-bond donors (Lipinski definition) is 2. The Morgan fingerprint density at radius 2 is 1.81 bits per heavy atom. The third-order valence-corrected chi connectivity index (χ3v) is 5.74. The molecule has 142 valence electrons. The minimum atomic E-state index is 0.133. The second-order valence-corrected chi connectivity index (χ2v) is 7.84. The maximum Gasteiger partial charge on any atom is 0.223 e. The molecule has 27 heavy (non-hydrogen) atoms. The minimum absolute atomic E-state index is 0.133. The monoisotopic (exact) mass is 363 g/mol. The average Bonchev–Trinajstić information content (AvgIpc) is 3.51. The molecule has 1 unspecified atom stereocenters. The van der Waals surface area contributed by atoms with Gasteiger partial charge in [-0.15, -0.1) is 0 Å². The van der Waals surface area contributed by atoms with Gasteiger partial charge in [0.1, 0.15) is 0 Å². The van der Waals surface area contributed by atoms with Crippen molar-refractivity contribution in [3.05, 3.63) is 53.6 Å². The molecule has 4 nitrogen and oxygen atoms in total. The summed E-state index contributed by atoms with van der Waals surface area (Å²) in [5.74, 6) is 0.605. The Balaban J connectivity index is 1.64. The number of nitrogens with one attached hydrogen (secondary N) is 2. The largest absolute Gasteiger partial charge is 0.316 e.